The van der Waals surface area contributed by atoms with Crippen molar-refractivity contribution in [3.63, 3.8) is 0 Å². The highest BCUT2D eigenvalue weighted by Crippen LogP contribution is 2.32. The molecule has 2 N–H and O–H groups in total. The number of carbonyl (C=O) groups is 1. The van der Waals surface area contributed by atoms with Gasteiger partial charge in [0.05, 0.1) is 30.9 Å². The molecule has 0 amide bonds. The Morgan fingerprint density at radius 1 is 1.18 bits per heavy atom. The van der Waals surface area contributed by atoms with Gasteiger partial charge >= 0.3 is 0 Å². The molecule has 1 aromatic heterocycles. The van der Waals surface area contributed by atoms with Crippen molar-refractivity contribution in [2.24, 2.45) is 0 Å². The van der Waals surface area contributed by atoms with Gasteiger partial charge in [-0.1, -0.05) is 12.1 Å². The number of amidine groups is 1. The molecule has 1 aliphatic rings. The van der Waals surface area contributed by atoms with Crippen molar-refractivity contribution in [2.45, 2.75) is 5.92 Å². The number of methoxy groups -OCH3 is 2. The zero-order chi connectivity index (χ0) is 19.7. The molecule has 28 heavy (non-hydrogen) atoms. The Labute approximate surface area is 161 Å². The van der Waals surface area contributed by atoms with Crippen LogP contribution in [0.15, 0.2) is 42.5 Å². The van der Waals surface area contributed by atoms with Gasteiger partial charge in [-0.15, -0.1) is 0 Å². The molecule has 2 aromatic carbocycles. The summed E-state index contributed by atoms with van der Waals surface area (Å²) in [4.78, 5) is 22.0. The number of carbonyl (C=O) groups excluding carboxylic acids is 1. The summed E-state index contributed by atoms with van der Waals surface area (Å²) in [6.07, 6.45) is 0. The molecule has 1 saturated heterocycles. The van der Waals surface area contributed by atoms with Crippen LogP contribution in [0.5, 0.6) is 11.5 Å². The maximum Gasteiger partial charge on any atom is 0.176 e. The molecule has 2 heterocycles. The second kappa shape index (κ2) is 7.32. The van der Waals surface area contributed by atoms with E-state index in [4.69, 9.17) is 19.6 Å². The van der Waals surface area contributed by atoms with Crippen molar-refractivity contribution >= 4 is 28.3 Å². The monoisotopic (exact) mass is 380 g/mol. The molecule has 1 unspecified atom stereocenters. The van der Waals surface area contributed by atoms with Crippen molar-refractivity contribution in [3.05, 3.63) is 48.3 Å². The van der Waals surface area contributed by atoms with E-state index in [2.05, 4.69) is 9.97 Å². The Balaban J connectivity index is 1.76. The number of fused-ring (bicyclic) bond motifs is 1. The number of rotatable bonds is 4. The summed E-state index contributed by atoms with van der Waals surface area (Å²) in [6.45, 7) is -0.0285. The number of aromatic nitrogens is 2. The van der Waals surface area contributed by atoms with E-state index in [0.29, 0.717) is 23.0 Å². The molecule has 3 aromatic rings. The third-order valence-corrected chi connectivity index (χ3v) is 4.68. The summed E-state index contributed by atoms with van der Waals surface area (Å²) >= 11 is 0. The van der Waals surface area contributed by atoms with Crippen molar-refractivity contribution in [1.82, 2.24) is 9.97 Å². The molecule has 0 spiro atoms. The number of imidazole rings is 1. The topological polar surface area (TPSA) is 101 Å². The number of anilines is 1. The molecule has 0 aliphatic carbocycles. The molecular weight excluding hydrogens is 360 g/mol. The normalized spacial score (nSPS) is 17.6. The van der Waals surface area contributed by atoms with E-state index in [-0.39, 0.29) is 25.0 Å². The Bertz CT molecular complexity index is 990. The minimum Gasteiger partial charge on any atom is -0.497 e. The molecule has 0 bridgehead atoms. The van der Waals surface area contributed by atoms with Gasteiger partial charge in [-0.05, 0) is 12.1 Å². The summed E-state index contributed by atoms with van der Waals surface area (Å²) in [7, 11) is 3.12. The highest BCUT2D eigenvalue weighted by Gasteiger charge is 2.35. The molecule has 8 heteroatoms. The number of nitrogens with one attached hydrogen (secondary N) is 2. The lowest BCUT2D eigenvalue weighted by Gasteiger charge is -2.25. The summed E-state index contributed by atoms with van der Waals surface area (Å²) in [5.41, 5.74) is 2.20. The maximum atomic E-state index is 12.7. The smallest absolute Gasteiger partial charge is 0.176 e. The van der Waals surface area contributed by atoms with E-state index in [1.807, 2.05) is 24.3 Å². The van der Waals surface area contributed by atoms with Crippen LogP contribution in [0, 0.1) is 5.41 Å². The Kier molecular flexibility index (Phi) is 4.70. The van der Waals surface area contributed by atoms with Gasteiger partial charge in [-0.2, -0.15) is 0 Å². The van der Waals surface area contributed by atoms with Crippen molar-refractivity contribution in [2.75, 3.05) is 32.5 Å². The number of ether oxygens (including phenoxy) is 3. The van der Waals surface area contributed by atoms with Gasteiger partial charge in [0.25, 0.3) is 0 Å². The first-order valence-electron chi connectivity index (χ1n) is 8.75. The predicted molar refractivity (Wildman–Crippen MR) is 104 cm³/mol. The highest BCUT2D eigenvalue weighted by molar-refractivity contribution is 6.14. The van der Waals surface area contributed by atoms with Gasteiger partial charge in [0.1, 0.15) is 42.4 Å². The summed E-state index contributed by atoms with van der Waals surface area (Å²) in [5, 5.41) is 8.76. The van der Waals surface area contributed by atoms with E-state index >= 15 is 0 Å². The molecule has 1 aliphatic heterocycles. The third-order valence-electron chi connectivity index (χ3n) is 4.68. The van der Waals surface area contributed by atoms with E-state index in [9.17, 15) is 4.79 Å². The van der Waals surface area contributed by atoms with Gasteiger partial charge < -0.3 is 24.1 Å². The van der Waals surface area contributed by atoms with Gasteiger partial charge in [-0.3, -0.25) is 10.2 Å². The quantitative estimate of drug-likeness (QED) is 0.722. The Morgan fingerprint density at radius 2 is 1.89 bits per heavy atom. The number of hydrogen-bond donors (Lipinski definition) is 2. The molecule has 1 fully saturated rings. The number of ketones is 1. The molecule has 1 atom stereocenters. The first-order chi connectivity index (χ1) is 13.6. The highest BCUT2D eigenvalue weighted by atomic mass is 16.5. The average molecular weight is 380 g/mol. The Morgan fingerprint density at radius 3 is 2.57 bits per heavy atom. The second-order valence-corrected chi connectivity index (χ2v) is 6.40. The first kappa shape index (κ1) is 18.0. The van der Waals surface area contributed by atoms with Crippen molar-refractivity contribution < 1.29 is 19.0 Å². The van der Waals surface area contributed by atoms with Crippen molar-refractivity contribution in [1.29, 1.82) is 5.41 Å². The number of aromatic amines is 1. The molecule has 4 rings (SSSR count). The van der Waals surface area contributed by atoms with E-state index < -0.39 is 5.92 Å². The van der Waals surface area contributed by atoms with Crippen LogP contribution in [0.4, 0.5) is 5.69 Å². The molecule has 144 valence electrons. The number of H-pyrrole nitrogens is 1. The number of para-hydroxylation sites is 2. The van der Waals surface area contributed by atoms with Gasteiger partial charge in [0, 0.05) is 18.2 Å². The SMILES string of the molecule is COc1cc(OC)cc(N2COCC(=O)C(c3nc4ccccc4[nH]3)C2=N)c1. The van der Waals surface area contributed by atoms with Crippen LogP contribution >= 0.6 is 0 Å². The average Bonchev–Trinajstić information content (AvgIpc) is 3.07. The van der Waals surface area contributed by atoms with Crippen LogP contribution in [-0.2, 0) is 9.53 Å². The summed E-state index contributed by atoms with van der Waals surface area (Å²) in [6, 6.07) is 12.8. The molecule has 8 nitrogen and oxygen atoms in total. The predicted octanol–water partition coefficient (Wildman–Crippen LogP) is 2.70. The van der Waals surface area contributed by atoms with E-state index in [0.717, 1.165) is 11.0 Å². The van der Waals surface area contributed by atoms with E-state index in [1.54, 1.807) is 37.3 Å². The van der Waals surface area contributed by atoms with Crippen LogP contribution in [0.3, 0.4) is 0 Å². The fraction of sp³-hybridized carbons (Fsp3) is 0.250. The first-order valence-corrected chi connectivity index (χ1v) is 8.75. The summed E-state index contributed by atoms with van der Waals surface area (Å²) in [5.74, 6) is 0.600. The fourth-order valence-electron chi connectivity index (χ4n) is 3.25. The number of benzene rings is 2. The van der Waals surface area contributed by atoms with Crippen LogP contribution in [-0.4, -0.2) is 49.1 Å². The van der Waals surface area contributed by atoms with Crippen LogP contribution < -0.4 is 14.4 Å². The fourth-order valence-corrected chi connectivity index (χ4v) is 3.25. The summed E-state index contributed by atoms with van der Waals surface area (Å²) < 4.78 is 16.2. The van der Waals surface area contributed by atoms with Gasteiger partial charge in [0.15, 0.2) is 5.78 Å². The second-order valence-electron chi connectivity index (χ2n) is 6.40. The number of nitrogens with zero attached hydrogens (tertiary/aromatic N) is 2. The lowest BCUT2D eigenvalue weighted by Crippen LogP contribution is -2.36. The van der Waals surface area contributed by atoms with Gasteiger partial charge in [-0.25, -0.2) is 4.98 Å². The lowest BCUT2D eigenvalue weighted by molar-refractivity contribution is -0.123. The zero-order valence-electron chi connectivity index (χ0n) is 15.6. The van der Waals surface area contributed by atoms with Crippen molar-refractivity contribution in [3.8, 4) is 11.5 Å². The van der Waals surface area contributed by atoms with Crippen LogP contribution in [0.2, 0.25) is 0 Å². The minimum absolute atomic E-state index is 0.0671. The largest absolute Gasteiger partial charge is 0.497 e. The third kappa shape index (κ3) is 3.18. The standard InChI is InChI=1S/C20H20N4O4/c1-26-13-7-12(8-14(9-13)27-2)24-11-28-10-17(25)18(19(24)21)20-22-15-5-3-4-6-16(15)23-20/h3-9,18,21H,10-11H2,1-2H3,(H,22,23). The number of Topliss-reactive ketones (excluding diaryl/α,β-unsaturated/α-hetero) is 1. The zero-order valence-corrected chi connectivity index (χ0v) is 15.6. The lowest BCUT2D eigenvalue weighted by atomic mass is 10.0. The Hall–Kier alpha value is -3.39. The molecule has 0 saturated carbocycles. The molecule has 0 radical (unpaired) electrons. The molecular formula is C20H20N4O4. The van der Waals surface area contributed by atoms with Gasteiger partial charge in [0.2, 0.25) is 0 Å². The minimum atomic E-state index is -0.855. The maximum absolute atomic E-state index is 12.7. The number of hydrogen-bond acceptors (Lipinski definition) is 6. The van der Waals surface area contributed by atoms with E-state index in [1.165, 1.54) is 0 Å². The van der Waals surface area contributed by atoms with Crippen LogP contribution in [0.1, 0.15) is 11.7 Å². The van der Waals surface area contributed by atoms with Crippen LogP contribution in [0.25, 0.3) is 11.0 Å².